The highest BCUT2D eigenvalue weighted by Gasteiger charge is 2.34. The van der Waals surface area contributed by atoms with Gasteiger partial charge in [0, 0.05) is 36.4 Å². The highest BCUT2D eigenvalue weighted by molar-refractivity contribution is 6.00. The second-order valence-corrected chi connectivity index (χ2v) is 4.65. The van der Waals surface area contributed by atoms with Crippen molar-refractivity contribution in [1.29, 1.82) is 0 Å². The molecule has 1 fully saturated rings. The molecule has 2 aromatic rings. The lowest BCUT2D eigenvalue weighted by Crippen LogP contribution is -2.25. The Morgan fingerprint density at radius 2 is 2.16 bits per heavy atom. The zero-order chi connectivity index (χ0) is 13.4. The van der Waals surface area contributed by atoms with Crippen LogP contribution < -0.4 is 4.90 Å². The van der Waals surface area contributed by atoms with Crippen molar-refractivity contribution >= 4 is 28.3 Å². The summed E-state index contributed by atoms with van der Waals surface area (Å²) in [4.78, 5) is 28.4. The molecule has 5 heteroatoms. The normalized spacial score (nSPS) is 19.1. The summed E-state index contributed by atoms with van der Waals surface area (Å²) in [6, 6.07) is 7.47. The number of carboxylic acids is 1. The molecule has 1 aliphatic heterocycles. The third kappa shape index (κ3) is 2.03. The summed E-state index contributed by atoms with van der Waals surface area (Å²) < 4.78 is 0. The molecule has 1 aromatic heterocycles. The van der Waals surface area contributed by atoms with E-state index in [4.69, 9.17) is 5.11 Å². The summed E-state index contributed by atoms with van der Waals surface area (Å²) in [7, 11) is 0. The van der Waals surface area contributed by atoms with E-state index in [-0.39, 0.29) is 18.9 Å². The molecule has 0 aliphatic carbocycles. The van der Waals surface area contributed by atoms with E-state index in [1.54, 1.807) is 17.3 Å². The number of carbonyl (C=O) groups is 2. The summed E-state index contributed by atoms with van der Waals surface area (Å²) in [5, 5.41) is 11.0. The summed E-state index contributed by atoms with van der Waals surface area (Å²) in [5.41, 5.74) is 0.743. The van der Waals surface area contributed by atoms with Crippen LogP contribution in [-0.4, -0.2) is 28.5 Å². The van der Waals surface area contributed by atoms with Crippen molar-refractivity contribution in [3.8, 4) is 0 Å². The second-order valence-electron chi connectivity index (χ2n) is 4.65. The van der Waals surface area contributed by atoms with E-state index in [2.05, 4.69) is 4.98 Å². The van der Waals surface area contributed by atoms with Crippen LogP contribution in [0.15, 0.2) is 36.7 Å². The number of benzene rings is 1. The lowest BCUT2D eigenvalue weighted by atomic mass is 10.1. The van der Waals surface area contributed by atoms with Gasteiger partial charge in [0.25, 0.3) is 0 Å². The van der Waals surface area contributed by atoms with E-state index >= 15 is 0 Å². The number of aromatic nitrogens is 1. The summed E-state index contributed by atoms with van der Waals surface area (Å²) in [5.74, 6) is -1.66. The van der Waals surface area contributed by atoms with Gasteiger partial charge >= 0.3 is 5.97 Å². The van der Waals surface area contributed by atoms with Crippen molar-refractivity contribution in [2.45, 2.75) is 6.42 Å². The minimum atomic E-state index is -0.916. The Kier molecular flexibility index (Phi) is 2.67. The Hall–Kier alpha value is -2.43. The molecule has 1 saturated heterocycles. The first kappa shape index (κ1) is 11.6. The Labute approximate surface area is 109 Å². The molecule has 0 radical (unpaired) electrons. The third-order valence-electron chi connectivity index (χ3n) is 3.41. The SMILES string of the molecule is O=C(O)C1CC(=O)N(c2ccc3cnccc3c2)C1. The number of nitrogens with zero attached hydrogens (tertiary/aromatic N) is 2. The lowest BCUT2D eigenvalue weighted by Gasteiger charge is -2.16. The van der Waals surface area contributed by atoms with E-state index in [1.807, 2.05) is 24.3 Å². The van der Waals surface area contributed by atoms with E-state index in [0.29, 0.717) is 0 Å². The molecule has 1 atom stereocenters. The smallest absolute Gasteiger partial charge is 0.308 e. The van der Waals surface area contributed by atoms with Crippen molar-refractivity contribution in [2.24, 2.45) is 5.92 Å². The Balaban J connectivity index is 1.96. The lowest BCUT2D eigenvalue weighted by molar-refractivity contribution is -0.141. The Bertz CT molecular complexity index is 669. The van der Waals surface area contributed by atoms with Gasteiger partial charge in [0.05, 0.1) is 5.92 Å². The second kappa shape index (κ2) is 4.35. The quantitative estimate of drug-likeness (QED) is 0.887. The number of carbonyl (C=O) groups excluding carboxylic acids is 1. The van der Waals surface area contributed by atoms with Crippen LogP contribution in [0, 0.1) is 5.92 Å². The fourth-order valence-corrected chi connectivity index (χ4v) is 2.36. The van der Waals surface area contributed by atoms with Gasteiger partial charge < -0.3 is 10.0 Å². The molecule has 96 valence electrons. The van der Waals surface area contributed by atoms with Gasteiger partial charge in [-0.15, -0.1) is 0 Å². The predicted octanol–water partition coefficient (Wildman–Crippen LogP) is 1.67. The Morgan fingerprint density at radius 3 is 2.89 bits per heavy atom. The monoisotopic (exact) mass is 256 g/mol. The van der Waals surface area contributed by atoms with E-state index in [0.717, 1.165) is 16.5 Å². The van der Waals surface area contributed by atoms with Crippen LogP contribution in [0.1, 0.15) is 6.42 Å². The number of amides is 1. The number of rotatable bonds is 2. The fraction of sp³-hybridized carbons (Fsp3) is 0.214. The van der Waals surface area contributed by atoms with Crippen LogP contribution >= 0.6 is 0 Å². The summed E-state index contributed by atoms with van der Waals surface area (Å²) >= 11 is 0. The minimum Gasteiger partial charge on any atom is -0.481 e. The van der Waals surface area contributed by atoms with Crippen molar-refractivity contribution in [1.82, 2.24) is 4.98 Å². The molecule has 0 bridgehead atoms. The molecule has 19 heavy (non-hydrogen) atoms. The molecule has 3 rings (SSSR count). The van der Waals surface area contributed by atoms with Crippen LogP contribution in [0.3, 0.4) is 0 Å². The van der Waals surface area contributed by atoms with Gasteiger partial charge in [-0.1, -0.05) is 6.07 Å². The first-order valence-corrected chi connectivity index (χ1v) is 6.02. The summed E-state index contributed by atoms with van der Waals surface area (Å²) in [6.45, 7) is 0.241. The number of hydrogen-bond donors (Lipinski definition) is 1. The van der Waals surface area contributed by atoms with Gasteiger partial charge in [0.1, 0.15) is 0 Å². The number of aliphatic carboxylic acids is 1. The van der Waals surface area contributed by atoms with Gasteiger partial charge in [-0.05, 0) is 23.6 Å². The number of pyridine rings is 1. The molecular formula is C14H12N2O3. The van der Waals surface area contributed by atoms with Crippen molar-refractivity contribution in [3.05, 3.63) is 36.7 Å². The van der Waals surface area contributed by atoms with Crippen molar-refractivity contribution < 1.29 is 14.7 Å². The largest absolute Gasteiger partial charge is 0.481 e. The molecule has 1 N–H and O–H groups in total. The van der Waals surface area contributed by atoms with Gasteiger partial charge in [-0.3, -0.25) is 14.6 Å². The highest BCUT2D eigenvalue weighted by Crippen LogP contribution is 2.27. The van der Waals surface area contributed by atoms with E-state index < -0.39 is 11.9 Å². The highest BCUT2D eigenvalue weighted by atomic mass is 16.4. The van der Waals surface area contributed by atoms with E-state index in [1.165, 1.54) is 0 Å². The van der Waals surface area contributed by atoms with Crippen molar-refractivity contribution in [3.63, 3.8) is 0 Å². The first-order valence-electron chi connectivity index (χ1n) is 6.02. The van der Waals surface area contributed by atoms with Crippen LogP contribution in [0.5, 0.6) is 0 Å². The zero-order valence-electron chi connectivity index (χ0n) is 10.1. The molecule has 1 unspecified atom stereocenters. The molecule has 2 heterocycles. The zero-order valence-corrected chi connectivity index (χ0v) is 10.1. The number of hydrogen-bond acceptors (Lipinski definition) is 3. The van der Waals surface area contributed by atoms with Crippen LogP contribution in [0.4, 0.5) is 5.69 Å². The third-order valence-corrected chi connectivity index (χ3v) is 3.41. The van der Waals surface area contributed by atoms with Crippen LogP contribution in [0.25, 0.3) is 10.8 Å². The molecule has 1 amide bonds. The van der Waals surface area contributed by atoms with Gasteiger partial charge in [0.15, 0.2) is 0 Å². The average molecular weight is 256 g/mol. The fourth-order valence-electron chi connectivity index (χ4n) is 2.36. The summed E-state index contributed by atoms with van der Waals surface area (Å²) in [6.07, 6.45) is 3.52. The molecule has 1 aliphatic rings. The van der Waals surface area contributed by atoms with E-state index in [9.17, 15) is 9.59 Å². The molecular weight excluding hydrogens is 244 g/mol. The molecule has 1 aromatic carbocycles. The minimum absolute atomic E-state index is 0.0731. The maximum atomic E-state index is 11.9. The Morgan fingerprint density at radius 1 is 1.32 bits per heavy atom. The molecule has 5 nitrogen and oxygen atoms in total. The standard InChI is InChI=1S/C14H12N2O3/c17-13-6-11(14(18)19)8-16(13)12-2-1-10-7-15-4-3-9(10)5-12/h1-5,7,11H,6,8H2,(H,18,19). The van der Waals surface area contributed by atoms with Crippen LogP contribution in [0.2, 0.25) is 0 Å². The number of anilines is 1. The maximum Gasteiger partial charge on any atom is 0.308 e. The number of carboxylic acid groups (broad SMARTS) is 1. The van der Waals surface area contributed by atoms with Gasteiger partial charge in [-0.2, -0.15) is 0 Å². The van der Waals surface area contributed by atoms with Gasteiger partial charge in [0.2, 0.25) is 5.91 Å². The number of fused-ring (bicyclic) bond motifs is 1. The predicted molar refractivity (Wildman–Crippen MR) is 69.8 cm³/mol. The van der Waals surface area contributed by atoms with Crippen molar-refractivity contribution in [2.75, 3.05) is 11.4 Å². The van der Waals surface area contributed by atoms with Gasteiger partial charge in [-0.25, -0.2) is 0 Å². The molecule has 0 saturated carbocycles. The van der Waals surface area contributed by atoms with Crippen LogP contribution in [-0.2, 0) is 9.59 Å². The topological polar surface area (TPSA) is 70.5 Å². The maximum absolute atomic E-state index is 11.9. The first-order chi connectivity index (χ1) is 9.15. The molecule has 0 spiro atoms. The average Bonchev–Trinajstić information content (AvgIpc) is 2.80.